The first kappa shape index (κ1) is 26.7. The smallest absolute Gasteiger partial charge is 0.409 e. The van der Waals surface area contributed by atoms with Gasteiger partial charge >= 0.3 is 6.09 Å². The van der Waals surface area contributed by atoms with Gasteiger partial charge in [-0.05, 0) is 86.7 Å². The van der Waals surface area contributed by atoms with Gasteiger partial charge in [-0.3, -0.25) is 5.32 Å². The van der Waals surface area contributed by atoms with Gasteiger partial charge in [0.25, 0.3) is 0 Å². The van der Waals surface area contributed by atoms with Gasteiger partial charge in [0.15, 0.2) is 5.82 Å². The summed E-state index contributed by atoms with van der Waals surface area (Å²) in [7, 11) is -3.83. The molecular formula is C23H25Cl2N5O4S. The molecule has 1 amide bonds. The molecule has 0 aliphatic rings. The molecule has 0 spiro atoms. The number of sulfonamides is 1. The number of hydrogen-bond acceptors (Lipinski definition) is 6. The summed E-state index contributed by atoms with van der Waals surface area (Å²) in [5, 5.41) is 14.5. The summed E-state index contributed by atoms with van der Waals surface area (Å²) in [6.45, 7) is 5.27. The third kappa shape index (κ3) is 8.07. The van der Waals surface area contributed by atoms with E-state index >= 15 is 0 Å². The highest BCUT2D eigenvalue weighted by molar-refractivity contribution is 7.89. The van der Waals surface area contributed by atoms with Crippen LogP contribution in [0.3, 0.4) is 0 Å². The van der Waals surface area contributed by atoms with Crippen LogP contribution in [0.4, 0.5) is 22.0 Å². The number of nitrogens with one attached hydrogen (secondary N) is 3. The number of hydrogen-bond donors (Lipinski definition) is 4. The molecule has 1 heterocycles. The Balaban J connectivity index is 1.94. The SMILES string of the molecule is CC(C)(C)NS(=O)(=O)c1cc(CCc2cccc(NC(=O)O)c2)cc(Nc2nc(Cl)ncc2Cl)c1. The zero-order valence-electron chi connectivity index (χ0n) is 19.3. The Morgan fingerprint density at radius 3 is 2.40 bits per heavy atom. The van der Waals surface area contributed by atoms with Crippen LogP contribution in [0.5, 0.6) is 0 Å². The Morgan fingerprint density at radius 1 is 1.03 bits per heavy atom. The number of rotatable bonds is 8. The highest BCUT2D eigenvalue weighted by Crippen LogP contribution is 2.27. The molecule has 35 heavy (non-hydrogen) atoms. The molecule has 0 saturated heterocycles. The van der Waals surface area contributed by atoms with Gasteiger partial charge in [0.1, 0.15) is 5.02 Å². The summed E-state index contributed by atoms with van der Waals surface area (Å²) < 4.78 is 28.8. The zero-order valence-corrected chi connectivity index (χ0v) is 21.6. The number of anilines is 3. The summed E-state index contributed by atoms with van der Waals surface area (Å²) in [4.78, 5) is 18.9. The topological polar surface area (TPSA) is 133 Å². The van der Waals surface area contributed by atoms with Crippen molar-refractivity contribution in [3.8, 4) is 0 Å². The number of nitrogens with zero attached hydrogens (tertiary/aromatic N) is 2. The van der Waals surface area contributed by atoms with Crippen molar-refractivity contribution in [2.24, 2.45) is 0 Å². The van der Waals surface area contributed by atoms with E-state index in [0.717, 1.165) is 11.1 Å². The molecule has 1 aromatic heterocycles. The van der Waals surface area contributed by atoms with Crippen LogP contribution < -0.4 is 15.4 Å². The van der Waals surface area contributed by atoms with Crippen LogP contribution in [0.2, 0.25) is 10.3 Å². The lowest BCUT2D eigenvalue weighted by atomic mass is 10.0. The maximum Gasteiger partial charge on any atom is 0.409 e. The van der Waals surface area contributed by atoms with Crippen LogP contribution in [0.1, 0.15) is 31.9 Å². The number of aryl methyl sites for hydroxylation is 2. The van der Waals surface area contributed by atoms with Gasteiger partial charge < -0.3 is 10.4 Å². The summed E-state index contributed by atoms with van der Waals surface area (Å²) >= 11 is 12.1. The normalized spacial score (nSPS) is 11.8. The molecule has 0 radical (unpaired) electrons. The fourth-order valence-corrected chi connectivity index (χ4v) is 5.07. The third-order valence-corrected chi connectivity index (χ3v) is 6.77. The van der Waals surface area contributed by atoms with Crippen molar-refractivity contribution in [2.45, 2.75) is 44.0 Å². The van der Waals surface area contributed by atoms with E-state index in [9.17, 15) is 13.2 Å². The van der Waals surface area contributed by atoms with E-state index < -0.39 is 21.7 Å². The monoisotopic (exact) mass is 537 g/mol. The molecule has 0 aliphatic carbocycles. The fraction of sp³-hybridized carbons (Fsp3) is 0.261. The molecule has 0 fully saturated rings. The largest absolute Gasteiger partial charge is 0.465 e. The summed E-state index contributed by atoms with van der Waals surface area (Å²) in [5.41, 5.74) is 1.85. The second kappa shape index (κ2) is 10.8. The molecule has 2 aromatic carbocycles. The zero-order chi connectivity index (χ0) is 25.8. The number of aromatic nitrogens is 2. The lowest BCUT2D eigenvalue weighted by molar-refractivity contribution is 0.209. The van der Waals surface area contributed by atoms with Crippen molar-refractivity contribution < 1.29 is 18.3 Å². The fourth-order valence-electron chi connectivity index (χ4n) is 3.28. The maximum absolute atomic E-state index is 13.1. The van der Waals surface area contributed by atoms with Gasteiger partial charge in [-0.2, -0.15) is 4.98 Å². The Labute approximate surface area is 214 Å². The molecule has 0 saturated carbocycles. The van der Waals surface area contributed by atoms with Crippen molar-refractivity contribution in [1.82, 2.24) is 14.7 Å². The van der Waals surface area contributed by atoms with Crippen LogP contribution in [0.15, 0.2) is 53.6 Å². The number of benzene rings is 2. The number of amides is 1. The van der Waals surface area contributed by atoms with Gasteiger partial charge in [-0.15, -0.1) is 0 Å². The predicted octanol–water partition coefficient (Wildman–Crippen LogP) is 5.48. The molecule has 12 heteroatoms. The summed E-state index contributed by atoms with van der Waals surface area (Å²) in [6, 6.07) is 11.9. The molecule has 0 aliphatic heterocycles. The number of carbonyl (C=O) groups is 1. The van der Waals surface area contributed by atoms with Crippen molar-refractivity contribution in [3.05, 3.63) is 70.1 Å². The minimum absolute atomic E-state index is 0.00912. The third-order valence-electron chi connectivity index (χ3n) is 4.58. The van der Waals surface area contributed by atoms with Gasteiger partial charge in [0.2, 0.25) is 15.3 Å². The van der Waals surface area contributed by atoms with Crippen LogP contribution in [0.25, 0.3) is 0 Å². The van der Waals surface area contributed by atoms with Gasteiger partial charge in [-0.1, -0.05) is 23.7 Å². The molecule has 0 unspecified atom stereocenters. The number of carboxylic acid groups (broad SMARTS) is 1. The molecule has 0 atom stereocenters. The van der Waals surface area contributed by atoms with E-state index in [1.807, 2.05) is 6.07 Å². The van der Waals surface area contributed by atoms with E-state index in [0.29, 0.717) is 24.2 Å². The van der Waals surface area contributed by atoms with Crippen LogP contribution >= 0.6 is 23.2 Å². The molecule has 3 rings (SSSR count). The Morgan fingerprint density at radius 2 is 1.71 bits per heavy atom. The van der Waals surface area contributed by atoms with Gasteiger partial charge in [0, 0.05) is 16.9 Å². The minimum atomic E-state index is -3.83. The van der Waals surface area contributed by atoms with Crippen molar-refractivity contribution in [3.63, 3.8) is 0 Å². The predicted molar refractivity (Wildman–Crippen MR) is 137 cm³/mol. The van der Waals surface area contributed by atoms with Gasteiger partial charge in [-0.25, -0.2) is 22.9 Å². The van der Waals surface area contributed by atoms with Crippen molar-refractivity contribution in [2.75, 3.05) is 10.6 Å². The Hall–Kier alpha value is -2.92. The Bertz CT molecular complexity index is 1340. The quantitative estimate of drug-likeness (QED) is 0.279. The van der Waals surface area contributed by atoms with Crippen LogP contribution in [0, 0.1) is 0 Å². The number of halogens is 2. The highest BCUT2D eigenvalue weighted by atomic mass is 35.5. The second-order valence-corrected chi connectivity index (χ2v) is 11.2. The summed E-state index contributed by atoms with van der Waals surface area (Å²) in [6.07, 6.45) is 1.23. The van der Waals surface area contributed by atoms with E-state index in [2.05, 4.69) is 25.3 Å². The lowest BCUT2D eigenvalue weighted by Crippen LogP contribution is -2.40. The van der Waals surface area contributed by atoms with Crippen LogP contribution in [-0.2, 0) is 22.9 Å². The van der Waals surface area contributed by atoms with Crippen molar-refractivity contribution >= 4 is 56.5 Å². The Kier molecular flexibility index (Phi) is 8.22. The summed E-state index contributed by atoms with van der Waals surface area (Å²) in [5.74, 6) is 0.239. The molecule has 9 nitrogen and oxygen atoms in total. The highest BCUT2D eigenvalue weighted by Gasteiger charge is 2.23. The van der Waals surface area contributed by atoms with Crippen LogP contribution in [-0.4, -0.2) is 35.1 Å². The van der Waals surface area contributed by atoms with E-state index in [1.54, 1.807) is 51.1 Å². The average molecular weight is 538 g/mol. The lowest BCUT2D eigenvalue weighted by Gasteiger charge is -2.21. The average Bonchev–Trinajstić information content (AvgIpc) is 2.73. The second-order valence-electron chi connectivity index (χ2n) is 8.81. The van der Waals surface area contributed by atoms with Gasteiger partial charge in [0.05, 0.1) is 11.1 Å². The molecule has 186 valence electrons. The first-order valence-electron chi connectivity index (χ1n) is 10.5. The van der Waals surface area contributed by atoms with E-state index in [-0.39, 0.29) is 21.0 Å². The van der Waals surface area contributed by atoms with Crippen molar-refractivity contribution in [1.29, 1.82) is 0 Å². The minimum Gasteiger partial charge on any atom is -0.465 e. The molecule has 3 aromatic rings. The molecular weight excluding hydrogens is 513 g/mol. The molecule has 0 bridgehead atoms. The van der Waals surface area contributed by atoms with E-state index in [4.69, 9.17) is 28.3 Å². The first-order valence-corrected chi connectivity index (χ1v) is 12.8. The standard InChI is InChI=1S/C23H25Cl2N5O4S/c1-23(2,3)30-35(33,34)18-11-15(8-7-14-5-4-6-16(9-14)28-22(31)32)10-17(12-18)27-20-19(24)13-26-21(25)29-20/h4-6,9-13,28,30H,7-8H2,1-3H3,(H,31,32)(H,26,27,29). The van der Waals surface area contributed by atoms with E-state index in [1.165, 1.54) is 12.3 Å². The first-order chi connectivity index (χ1) is 16.3. The molecule has 4 N–H and O–H groups in total. The maximum atomic E-state index is 13.1.